The van der Waals surface area contributed by atoms with Gasteiger partial charge in [0.1, 0.15) is 13.2 Å². The summed E-state index contributed by atoms with van der Waals surface area (Å²) in [6, 6.07) is 0. The van der Waals surface area contributed by atoms with Gasteiger partial charge in [0.15, 0.2) is 6.10 Å². The highest BCUT2D eigenvalue weighted by Crippen LogP contribution is 2.16. The molecule has 0 aromatic rings. The molecule has 0 aromatic carbocycles. The summed E-state index contributed by atoms with van der Waals surface area (Å²) in [4.78, 5) is 38.3. The van der Waals surface area contributed by atoms with Gasteiger partial charge in [-0.2, -0.15) is 0 Å². The average Bonchev–Trinajstić information content (AvgIpc) is 3.38. The normalized spacial score (nSPS) is 12.3. The minimum atomic E-state index is -0.781. The van der Waals surface area contributed by atoms with Crippen LogP contribution in [-0.2, 0) is 28.6 Å². The Morgan fingerprint density at radius 1 is 0.278 bits per heavy atom. The maximum atomic E-state index is 12.9. The first-order valence-electron chi connectivity index (χ1n) is 31.6. The van der Waals surface area contributed by atoms with Gasteiger partial charge in [0, 0.05) is 19.3 Å². The van der Waals surface area contributed by atoms with E-state index in [2.05, 4.69) is 69.4 Å². The number of esters is 3. The highest BCUT2D eigenvalue weighted by Gasteiger charge is 2.19. The summed E-state index contributed by atoms with van der Waals surface area (Å²) in [5, 5.41) is 0. The molecule has 420 valence electrons. The molecule has 0 aliphatic carbocycles. The SMILES string of the molecule is CCCCCCC/C=C\C/C=C\CCCCCCCCCCCC(=O)OCC(COC(=O)CCCCCCC/C=C\CCCCCCCCC)OC(=O)CCCCCCCCC/C=C\CCCCCCCC. The van der Waals surface area contributed by atoms with E-state index in [4.69, 9.17) is 14.2 Å². The van der Waals surface area contributed by atoms with E-state index in [1.54, 1.807) is 0 Å². The van der Waals surface area contributed by atoms with Crippen molar-refractivity contribution >= 4 is 17.9 Å². The van der Waals surface area contributed by atoms with Gasteiger partial charge >= 0.3 is 17.9 Å². The minimum absolute atomic E-state index is 0.0777. The molecule has 6 nitrogen and oxygen atoms in total. The number of rotatable bonds is 58. The lowest BCUT2D eigenvalue weighted by molar-refractivity contribution is -0.167. The molecule has 1 unspecified atom stereocenters. The van der Waals surface area contributed by atoms with Crippen molar-refractivity contribution in [3.8, 4) is 0 Å². The van der Waals surface area contributed by atoms with Crippen molar-refractivity contribution in [1.29, 1.82) is 0 Å². The molecule has 0 saturated carbocycles. The number of allylic oxidation sites excluding steroid dienone is 8. The summed E-state index contributed by atoms with van der Waals surface area (Å²) >= 11 is 0. The summed E-state index contributed by atoms with van der Waals surface area (Å²) in [6.07, 6.45) is 75.3. The van der Waals surface area contributed by atoms with Crippen LogP contribution in [0.3, 0.4) is 0 Å². The fourth-order valence-corrected chi connectivity index (χ4v) is 9.23. The molecule has 0 amide bonds. The zero-order chi connectivity index (χ0) is 52.2. The minimum Gasteiger partial charge on any atom is -0.462 e. The third kappa shape index (κ3) is 58.3. The summed E-state index contributed by atoms with van der Waals surface area (Å²) in [7, 11) is 0. The highest BCUT2D eigenvalue weighted by atomic mass is 16.6. The van der Waals surface area contributed by atoms with Gasteiger partial charge in [-0.15, -0.1) is 0 Å². The van der Waals surface area contributed by atoms with E-state index in [9.17, 15) is 14.4 Å². The maximum absolute atomic E-state index is 12.9. The zero-order valence-electron chi connectivity index (χ0n) is 48.2. The van der Waals surface area contributed by atoms with Gasteiger partial charge in [0.2, 0.25) is 0 Å². The van der Waals surface area contributed by atoms with Crippen molar-refractivity contribution in [3.05, 3.63) is 48.6 Å². The molecule has 0 saturated heterocycles. The van der Waals surface area contributed by atoms with E-state index in [1.165, 1.54) is 225 Å². The molecular weight excluding hydrogens is 889 g/mol. The first-order valence-corrected chi connectivity index (χ1v) is 31.6. The number of ether oxygens (including phenoxy) is 3. The molecule has 0 bridgehead atoms. The number of unbranched alkanes of at least 4 members (excludes halogenated alkanes) is 39. The van der Waals surface area contributed by atoms with Crippen LogP contribution in [0.5, 0.6) is 0 Å². The largest absolute Gasteiger partial charge is 0.462 e. The molecule has 0 aliphatic heterocycles. The lowest BCUT2D eigenvalue weighted by Gasteiger charge is -2.18. The second-order valence-corrected chi connectivity index (χ2v) is 21.3. The van der Waals surface area contributed by atoms with Crippen molar-refractivity contribution in [2.45, 2.75) is 341 Å². The van der Waals surface area contributed by atoms with Gasteiger partial charge in [0.05, 0.1) is 0 Å². The van der Waals surface area contributed by atoms with E-state index in [0.717, 1.165) is 70.6 Å². The molecule has 6 heteroatoms. The van der Waals surface area contributed by atoms with Gasteiger partial charge in [0.25, 0.3) is 0 Å². The van der Waals surface area contributed by atoms with Crippen molar-refractivity contribution in [2.75, 3.05) is 13.2 Å². The van der Waals surface area contributed by atoms with Crippen molar-refractivity contribution in [3.63, 3.8) is 0 Å². The lowest BCUT2D eigenvalue weighted by atomic mass is 10.1. The van der Waals surface area contributed by atoms with Crippen molar-refractivity contribution in [1.82, 2.24) is 0 Å². The molecule has 0 aromatic heterocycles. The Labute approximate surface area is 448 Å². The topological polar surface area (TPSA) is 78.9 Å². The van der Waals surface area contributed by atoms with Crippen LogP contribution in [0, 0.1) is 0 Å². The standard InChI is InChI=1S/C66H120O6/c1-4-7-10-13-16-19-22-25-28-31-32-33-34-36-38-41-44-47-50-53-56-59-65(68)71-62-63(61-70-64(67)58-55-52-49-46-43-40-37-30-27-24-21-18-15-12-9-6-3)72-66(69)60-57-54-51-48-45-42-39-35-29-26-23-20-17-14-11-8-5-2/h22,25-26,29-32,37,63H,4-21,23-24,27-28,33-36,38-62H2,1-3H3/b25-22-,29-26-,32-31-,37-30-. The quantitative estimate of drug-likeness (QED) is 0.0261. The van der Waals surface area contributed by atoms with Gasteiger partial charge in [-0.3, -0.25) is 14.4 Å². The number of carbonyl (C=O) groups excluding carboxylic acids is 3. The van der Waals surface area contributed by atoms with Crippen LogP contribution in [0.25, 0.3) is 0 Å². The fourth-order valence-electron chi connectivity index (χ4n) is 9.23. The van der Waals surface area contributed by atoms with Crippen LogP contribution in [0.4, 0.5) is 0 Å². The van der Waals surface area contributed by atoms with Crippen LogP contribution >= 0.6 is 0 Å². The first-order chi connectivity index (χ1) is 35.5. The van der Waals surface area contributed by atoms with Crippen LogP contribution in [-0.4, -0.2) is 37.2 Å². The first kappa shape index (κ1) is 69.4. The summed E-state index contributed by atoms with van der Waals surface area (Å²) in [5.41, 5.74) is 0. The van der Waals surface area contributed by atoms with E-state index in [1.807, 2.05) is 0 Å². The Bertz CT molecular complexity index is 1250. The number of hydrogen-bond donors (Lipinski definition) is 0. The molecule has 0 spiro atoms. The summed E-state index contributed by atoms with van der Waals surface area (Å²) in [6.45, 7) is 6.65. The van der Waals surface area contributed by atoms with Crippen LogP contribution < -0.4 is 0 Å². The molecule has 0 fully saturated rings. The molecule has 72 heavy (non-hydrogen) atoms. The smallest absolute Gasteiger partial charge is 0.306 e. The van der Waals surface area contributed by atoms with E-state index in [-0.39, 0.29) is 31.1 Å². The predicted octanol–water partition coefficient (Wildman–Crippen LogP) is 21.4. The molecule has 1 atom stereocenters. The number of carbonyl (C=O) groups is 3. The van der Waals surface area contributed by atoms with Crippen LogP contribution in [0.15, 0.2) is 48.6 Å². The Kier molecular flexibility index (Phi) is 58.7. The third-order valence-electron chi connectivity index (χ3n) is 14.0. The maximum Gasteiger partial charge on any atom is 0.306 e. The molecule has 0 N–H and O–H groups in total. The number of hydrogen-bond acceptors (Lipinski definition) is 6. The van der Waals surface area contributed by atoms with E-state index < -0.39 is 6.10 Å². The Hall–Kier alpha value is -2.63. The van der Waals surface area contributed by atoms with Crippen LogP contribution in [0.2, 0.25) is 0 Å². The molecule has 0 heterocycles. The van der Waals surface area contributed by atoms with E-state index >= 15 is 0 Å². The molecule has 0 radical (unpaired) electrons. The third-order valence-corrected chi connectivity index (χ3v) is 14.0. The highest BCUT2D eigenvalue weighted by molar-refractivity contribution is 5.71. The van der Waals surface area contributed by atoms with Gasteiger partial charge in [-0.1, -0.05) is 262 Å². The second-order valence-electron chi connectivity index (χ2n) is 21.3. The molecular formula is C66H120O6. The van der Waals surface area contributed by atoms with Gasteiger partial charge < -0.3 is 14.2 Å². The Morgan fingerprint density at radius 3 is 0.778 bits per heavy atom. The molecule has 0 aliphatic rings. The van der Waals surface area contributed by atoms with Crippen LogP contribution in [0.1, 0.15) is 335 Å². The summed E-state index contributed by atoms with van der Waals surface area (Å²) in [5.74, 6) is -0.876. The van der Waals surface area contributed by atoms with Crippen molar-refractivity contribution in [2.24, 2.45) is 0 Å². The lowest BCUT2D eigenvalue weighted by Crippen LogP contribution is -2.30. The van der Waals surface area contributed by atoms with Gasteiger partial charge in [-0.25, -0.2) is 0 Å². The fraction of sp³-hybridized carbons (Fsp3) is 0.833. The monoisotopic (exact) mass is 1010 g/mol. The Morgan fingerprint density at radius 2 is 0.500 bits per heavy atom. The Balaban J connectivity index is 4.36. The average molecular weight is 1010 g/mol. The van der Waals surface area contributed by atoms with Gasteiger partial charge in [-0.05, 0) is 103 Å². The van der Waals surface area contributed by atoms with E-state index in [0.29, 0.717) is 19.3 Å². The summed E-state index contributed by atoms with van der Waals surface area (Å²) < 4.78 is 16.9. The zero-order valence-corrected chi connectivity index (χ0v) is 48.2. The second kappa shape index (κ2) is 60.9. The predicted molar refractivity (Wildman–Crippen MR) is 312 cm³/mol. The van der Waals surface area contributed by atoms with Crippen molar-refractivity contribution < 1.29 is 28.6 Å². The molecule has 0 rings (SSSR count).